The molecule has 0 saturated heterocycles. The first-order valence-corrected chi connectivity index (χ1v) is 19.5. The average molecular weight is 647 g/mol. The van der Waals surface area contributed by atoms with Crippen LogP contribution in [0.3, 0.4) is 0 Å². The molecule has 0 rings (SSSR count). The van der Waals surface area contributed by atoms with Gasteiger partial charge in [-0.1, -0.05) is 147 Å². The van der Waals surface area contributed by atoms with Crippen molar-refractivity contribution in [3.63, 3.8) is 0 Å². The highest BCUT2D eigenvalue weighted by Gasteiger charge is 2.16. The minimum Gasteiger partial charge on any atom is -0.462 e. The summed E-state index contributed by atoms with van der Waals surface area (Å²) >= 11 is 0. The van der Waals surface area contributed by atoms with E-state index in [2.05, 4.69) is 50.3 Å². The zero-order chi connectivity index (χ0) is 33.6. The summed E-state index contributed by atoms with van der Waals surface area (Å²) in [7, 11) is 0. The Hall–Kier alpha value is -1.88. The lowest BCUT2D eigenvalue weighted by Crippen LogP contribution is -2.28. The first-order valence-electron chi connectivity index (χ1n) is 19.5. The molecule has 0 saturated carbocycles. The molecule has 268 valence electrons. The van der Waals surface area contributed by atoms with Crippen LogP contribution in [0.15, 0.2) is 36.5 Å². The van der Waals surface area contributed by atoms with Crippen LogP contribution in [-0.2, 0) is 19.1 Å². The van der Waals surface area contributed by atoms with E-state index in [0.29, 0.717) is 12.8 Å². The number of carbonyl (C=O) groups is 2. The van der Waals surface area contributed by atoms with Crippen molar-refractivity contribution in [3.8, 4) is 0 Å². The van der Waals surface area contributed by atoms with Crippen LogP contribution in [0.4, 0.5) is 0 Å². The van der Waals surface area contributed by atoms with Gasteiger partial charge in [0.1, 0.15) is 6.61 Å². The number of ether oxygens (including phenoxy) is 2. The molecule has 0 aromatic carbocycles. The number of carbonyl (C=O) groups excluding carboxylic acids is 2. The Kier molecular flexibility index (Phi) is 36.0. The van der Waals surface area contributed by atoms with Crippen LogP contribution < -0.4 is 0 Å². The van der Waals surface area contributed by atoms with Crippen LogP contribution in [0.5, 0.6) is 0 Å². The normalized spacial score (nSPS) is 12.5. The predicted octanol–water partition coefficient (Wildman–Crippen LogP) is 12.1. The maximum Gasteiger partial charge on any atom is 0.306 e. The third-order valence-electron chi connectivity index (χ3n) is 8.41. The van der Waals surface area contributed by atoms with E-state index in [1.165, 1.54) is 109 Å². The lowest BCUT2D eigenvalue weighted by atomic mass is 10.1. The zero-order valence-corrected chi connectivity index (χ0v) is 30.3. The summed E-state index contributed by atoms with van der Waals surface area (Å²) in [5, 5.41) is 9.54. The Bertz CT molecular complexity index is 741. The van der Waals surface area contributed by atoms with Gasteiger partial charge in [-0.3, -0.25) is 9.59 Å². The molecule has 5 heteroatoms. The van der Waals surface area contributed by atoms with E-state index in [1.54, 1.807) is 0 Å². The molecule has 0 aromatic heterocycles. The molecule has 0 bridgehead atoms. The lowest BCUT2D eigenvalue weighted by molar-refractivity contribution is -0.161. The summed E-state index contributed by atoms with van der Waals surface area (Å²) in [6.45, 7) is 4.09. The Morgan fingerprint density at radius 2 is 0.870 bits per heavy atom. The van der Waals surface area contributed by atoms with Gasteiger partial charge in [0.25, 0.3) is 0 Å². The maximum atomic E-state index is 12.1. The Morgan fingerprint density at radius 3 is 1.35 bits per heavy atom. The number of aliphatic hydroxyl groups is 1. The van der Waals surface area contributed by atoms with Crippen molar-refractivity contribution in [2.45, 2.75) is 200 Å². The molecule has 0 amide bonds. The van der Waals surface area contributed by atoms with E-state index in [1.807, 2.05) is 0 Å². The molecule has 46 heavy (non-hydrogen) atoms. The number of rotatable bonds is 35. The smallest absolute Gasteiger partial charge is 0.306 e. The van der Waals surface area contributed by atoms with Crippen LogP contribution in [0, 0.1) is 0 Å². The Labute approximate surface area is 285 Å². The van der Waals surface area contributed by atoms with Crippen molar-refractivity contribution >= 4 is 11.9 Å². The number of aliphatic hydroxyl groups excluding tert-OH is 1. The largest absolute Gasteiger partial charge is 0.462 e. The van der Waals surface area contributed by atoms with E-state index in [9.17, 15) is 14.7 Å². The number of allylic oxidation sites excluding steroid dienone is 6. The summed E-state index contributed by atoms with van der Waals surface area (Å²) in [5.74, 6) is -0.608. The van der Waals surface area contributed by atoms with Crippen LogP contribution in [0.2, 0.25) is 0 Å². The minimum atomic E-state index is -0.776. The van der Waals surface area contributed by atoms with Crippen molar-refractivity contribution in [1.29, 1.82) is 0 Å². The van der Waals surface area contributed by atoms with E-state index >= 15 is 0 Å². The molecule has 5 nitrogen and oxygen atoms in total. The average Bonchev–Trinajstić information content (AvgIpc) is 3.06. The topological polar surface area (TPSA) is 72.8 Å². The van der Waals surface area contributed by atoms with Gasteiger partial charge in [-0.25, -0.2) is 0 Å². The number of unbranched alkanes of at least 4 members (excludes halogenated alkanes) is 21. The van der Waals surface area contributed by atoms with Crippen molar-refractivity contribution in [2.24, 2.45) is 0 Å². The SMILES string of the molecule is CCCCCC=CCC=CCCCCCCCCCC(=O)OCC(CO)OC(=O)CCCCCCCC=CCCCCCCCC. The Balaban J connectivity index is 3.58. The predicted molar refractivity (Wildman–Crippen MR) is 196 cm³/mol. The van der Waals surface area contributed by atoms with Crippen LogP contribution in [0.25, 0.3) is 0 Å². The first-order chi connectivity index (χ1) is 22.6. The van der Waals surface area contributed by atoms with Crippen molar-refractivity contribution < 1.29 is 24.2 Å². The molecule has 0 radical (unpaired) electrons. The third kappa shape index (κ3) is 35.0. The molecule has 0 aromatic rings. The van der Waals surface area contributed by atoms with Gasteiger partial charge in [0.2, 0.25) is 0 Å². The summed E-state index contributed by atoms with van der Waals surface area (Å²) in [6, 6.07) is 0. The quantitative estimate of drug-likeness (QED) is 0.0421. The second-order valence-electron chi connectivity index (χ2n) is 13.0. The highest BCUT2D eigenvalue weighted by molar-refractivity contribution is 5.70. The first kappa shape index (κ1) is 44.1. The lowest BCUT2D eigenvalue weighted by Gasteiger charge is -2.15. The van der Waals surface area contributed by atoms with Gasteiger partial charge in [0.05, 0.1) is 6.61 Å². The molecule has 1 unspecified atom stereocenters. The summed E-state index contributed by atoms with van der Waals surface area (Å²) in [5.41, 5.74) is 0. The van der Waals surface area contributed by atoms with Gasteiger partial charge < -0.3 is 14.6 Å². The van der Waals surface area contributed by atoms with Gasteiger partial charge in [0, 0.05) is 12.8 Å². The molecule has 1 atom stereocenters. The van der Waals surface area contributed by atoms with Crippen LogP contribution in [-0.4, -0.2) is 36.4 Å². The monoisotopic (exact) mass is 647 g/mol. The minimum absolute atomic E-state index is 0.0723. The van der Waals surface area contributed by atoms with Crippen molar-refractivity contribution in [3.05, 3.63) is 36.5 Å². The van der Waals surface area contributed by atoms with E-state index < -0.39 is 6.10 Å². The van der Waals surface area contributed by atoms with Crippen molar-refractivity contribution in [2.75, 3.05) is 13.2 Å². The van der Waals surface area contributed by atoms with E-state index in [0.717, 1.165) is 57.8 Å². The summed E-state index contributed by atoms with van der Waals surface area (Å²) in [4.78, 5) is 24.2. The highest BCUT2D eigenvalue weighted by atomic mass is 16.6. The van der Waals surface area contributed by atoms with Gasteiger partial charge in [0.15, 0.2) is 6.10 Å². The molecule has 0 spiro atoms. The van der Waals surface area contributed by atoms with Crippen LogP contribution >= 0.6 is 0 Å². The second kappa shape index (κ2) is 37.6. The maximum absolute atomic E-state index is 12.1. The van der Waals surface area contributed by atoms with Gasteiger partial charge in [-0.2, -0.15) is 0 Å². The van der Waals surface area contributed by atoms with E-state index in [-0.39, 0.29) is 25.2 Å². The molecule has 0 heterocycles. The second-order valence-corrected chi connectivity index (χ2v) is 13.0. The van der Waals surface area contributed by atoms with Gasteiger partial charge in [-0.05, 0) is 70.6 Å². The molecular formula is C41H74O5. The van der Waals surface area contributed by atoms with Gasteiger partial charge in [-0.15, -0.1) is 0 Å². The van der Waals surface area contributed by atoms with Gasteiger partial charge >= 0.3 is 11.9 Å². The molecule has 0 aliphatic rings. The molecule has 0 fully saturated rings. The molecular weight excluding hydrogens is 572 g/mol. The zero-order valence-electron chi connectivity index (χ0n) is 30.3. The number of esters is 2. The fourth-order valence-corrected chi connectivity index (χ4v) is 5.40. The standard InChI is InChI=1S/C41H74O5/c1-3-5-7-9-11-13-15-17-19-20-22-23-25-27-29-31-33-35-40(43)45-38-39(37-42)46-41(44)36-34-32-30-28-26-24-21-18-16-14-12-10-8-6-4-2/h11,13,17-19,21,39,42H,3-10,12,14-16,20,22-38H2,1-2H3. The molecule has 0 aliphatic carbocycles. The van der Waals surface area contributed by atoms with Crippen LogP contribution in [0.1, 0.15) is 194 Å². The third-order valence-corrected chi connectivity index (χ3v) is 8.41. The fourth-order valence-electron chi connectivity index (χ4n) is 5.40. The number of hydrogen-bond donors (Lipinski definition) is 1. The molecule has 1 N–H and O–H groups in total. The number of hydrogen-bond acceptors (Lipinski definition) is 5. The Morgan fingerprint density at radius 1 is 0.500 bits per heavy atom. The fraction of sp³-hybridized carbons (Fsp3) is 0.805. The highest BCUT2D eigenvalue weighted by Crippen LogP contribution is 2.13. The summed E-state index contributed by atoms with van der Waals surface area (Å²) in [6.07, 6.45) is 44.8. The molecule has 0 aliphatic heterocycles. The van der Waals surface area contributed by atoms with E-state index in [4.69, 9.17) is 9.47 Å². The van der Waals surface area contributed by atoms with Crippen molar-refractivity contribution in [1.82, 2.24) is 0 Å². The summed E-state index contributed by atoms with van der Waals surface area (Å²) < 4.78 is 10.6.